The van der Waals surface area contributed by atoms with Crippen molar-refractivity contribution in [1.29, 1.82) is 0 Å². The van der Waals surface area contributed by atoms with Gasteiger partial charge >= 0.3 is 0 Å². The summed E-state index contributed by atoms with van der Waals surface area (Å²) in [7, 11) is 0. The molecule has 1 saturated heterocycles. The summed E-state index contributed by atoms with van der Waals surface area (Å²) in [5.41, 5.74) is 2.39. The van der Waals surface area contributed by atoms with Crippen molar-refractivity contribution in [2.24, 2.45) is 5.92 Å². The summed E-state index contributed by atoms with van der Waals surface area (Å²) in [6.45, 7) is 3.38. The van der Waals surface area contributed by atoms with Crippen molar-refractivity contribution in [1.82, 2.24) is 15.0 Å². The Kier molecular flexibility index (Phi) is 4.55. The van der Waals surface area contributed by atoms with Gasteiger partial charge in [-0.3, -0.25) is 4.79 Å². The summed E-state index contributed by atoms with van der Waals surface area (Å²) < 4.78 is 5.48. The molecule has 1 aliphatic heterocycles. The molecule has 25 heavy (non-hydrogen) atoms. The highest BCUT2D eigenvalue weighted by molar-refractivity contribution is 5.79. The van der Waals surface area contributed by atoms with Gasteiger partial charge in [0.15, 0.2) is 5.82 Å². The van der Waals surface area contributed by atoms with E-state index in [1.807, 2.05) is 4.90 Å². The van der Waals surface area contributed by atoms with Crippen LogP contribution in [-0.2, 0) is 17.8 Å². The summed E-state index contributed by atoms with van der Waals surface area (Å²) >= 11 is 0. The summed E-state index contributed by atoms with van der Waals surface area (Å²) in [5.74, 6) is 2.34. The van der Waals surface area contributed by atoms with E-state index in [-0.39, 0.29) is 11.8 Å². The molecule has 1 aromatic carbocycles. The highest BCUT2D eigenvalue weighted by Gasteiger charge is 2.34. The zero-order valence-corrected chi connectivity index (χ0v) is 14.8. The molecule has 5 nitrogen and oxygen atoms in total. The van der Waals surface area contributed by atoms with Crippen LogP contribution in [0.4, 0.5) is 0 Å². The number of nitrogens with zero attached hydrogens (tertiary/aromatic N) is 3. The second-order valence-electron chi connectivity index (χ2n) is 7.56. The molecule has 1 atom stereocenters. The van der Waals surface area contributed by atoms with E-state index in [2.05, 4.69) is 41.3 Å². The topological polar surface area (TPSA) is 59.2 Å². The van der Waals surface area contributed by atoms with Gasteiger partial charge in [-0.2, -0.15) is 4.98 Å². The molecule has 2 aliphatic rings. The fourth-order valence-electron chi connectivity index (χ4n) is 3.99. The lowest BCUT2D eigenvalue weighted by Gasteiger charge is -2.16. The van der Waals surface area contributed by atoms with Crippen LogP contribution in [0.3, 0.4) is 0 Å². The van der Waals surface area contributed by atoms with Crippen LogP contribution in [0.5, 0.6) is 0 Å². The SMILES string of the molecule is Cc1ccc(CN2CC(c3nc(CC4CCCC4)no3)CC2=O)cc1. The summed E-state index contributed by atoms with van der Waals surface area (Å²) in [4.78, 5) is 18.8. The minimum Gasteiger partial charge on any atom is -0.339 e. The van der Waals surface area contributed by atoms with Gasteiger partial charge in [-0.05, 0) is 18.4 Å². The second-order valence-corrected chi connectivity index (χ2v) is 7.56. The van der Waals surface area contributed by atoms with Crippen molar-refractivity contribution in [3.8, 4) is 0 Å². The molecular weight excluding hydrogens is 314 g/mol. The second kappa shape index (κ2) is 6.98. The molecule has 1 aromatic heterocycles. The lowest BCUT2D eigenvalue weighted by atomic mass is 10.0. The van der Waals surface area contributed by atoms with E-state index in [4.69, 9.17) is 4.52 Å². The minimum absolute atomic E-state index is 0.0303. The Balaban J connectivity index is 1.38. The molecule has 5 heteroatoms. The van der Waals surface area contributed by atoms with E-state index in [1.54, 1.807) is 0 Å². The van der Waals surface area contributed by atoms with Crippen LogP contribution in [-0.4, -0.2) is 27.5 Å². The first-order valence-electron chi connectivity index (χ1n) is 9.33. The third-order valence-electron chi connectivity index (χ3n) is 5.49. The van der Waals surface area contributed by atoms with Gasteiger partial charge in [-0.15, -0.1) is 0 Å². The lowest BCUT2D eigenvalue weighted by Crippen LogP contribution is -2.24. The van der Waals surface area contributed by atoms with Crippen LogP contribution < -0.4 is 0 Å². The van der Waals surface area contributed by atoms with Crippen LogP contribution in [0.25, 0.3) is 0 Å². The zero-order valence-electron chi connectivity index (χ0n) is 14.8. The average molecular weight is 339 g/mol. The molecule has 2 aromatic rings. The molecule has 0 N–H and O–H groups in total. The normalized spacial score (nSPS) is 21.4. The molecule has 1 saturated carbocycles. The van der Waals surface area contributed by atoms with Crippen molar-refractivity contribution in [2.45, 2.75) is 57.9 Å². The molecule has 2 heterocycles. The Morgan fingerprint density at radius 1 is 1.20 bits per heavy atom. The Hall–Kier alpha value is -2.17. The van der Waals surface area contributed by atoms with Crippen molar-refractivity contribution >= 4 is 5.91 Å². The monoisotopic (exact) mass is 339 g/mol. The number of carbonyl (C=O) groups is 1. The molecule has 0 spiro atoms. The van der Waals surface area contributed by atoms with Crippen molar-refractivity contribution in [2.75, 3.05) is 6.54 Å². The number of aryl methyl sites for hydroxylation is 1. The predicted octanol–water partition coefficient (Wildman–Crippen LogP) is 3.63. The van der Waals surface area contributed by atoms with E-state index < -0.39 is 0 Å². The quantitative estimate of drug-likeness (QED) is 0.835. The molecule has 1 amide bonds. The Bertz CT molecular complexity index is 732. The van der Waals surface area contributed by atoms with Gasteiger partial charge in [0, 0.05) is 25.9 Å². The molecule has 132 valence electrons. The van der Waals surface area contributed by atoms with Gasteiger partial charge in [0.05, 0.1) is 5.92 Å². The lowest BCUT2D eigenvalue weighted by molar-refractivity contribution is -0.128. The van der Waals surface area contributed by atoms with E-state index >= 15 is 0 Å². The summed E-state index contributed by atoms with van der Waals surface area (Å²) in [6, 6.07) is 8.34. The number of benzene rings is 1. The number of carbonyl (C=O) groups excluding carboxylic acids is 1. The molecule has 2 fully saturated rings. The zero-order chi connectivity index (χ0) is 17.2. The van der Waals surface area contributed by atoms with Crippen molar-refractivity contribution < 1.29 is 9.32 Å². The molecule has 0 radical (unpaired) electrons. The number of amides is 1. The largest absolute Gasteiger partial charge is 0.339 e. The van der Waals surface area contributed by atoms with Gasteiger partial charge in [0.1, 0.15) is 0 Å². The van der Waals surface area contributed by atoms with Crippen LogP contribution in [0, 0.1) is 12.8 Å². The number of rotatable bonds is 5. The smallest absolute Gasteiger partial charge is 0.232 e. The third kappa shape index (κ3) is 3.75. The van der Waals surface area contributed by atoms with E-state index in [0.717, 1.165) is 17.8 Å². The molecule has 1 unspecified atom stereocenters. The summed E-state index contributed by atoms with van der Waals surface area (Å²) in [6.07, 6.45) is 6.57. The number of likely N-dealkylation sites (tertiary alicyclic amines) is 1. The summed E-state index contributed by atoms with van der Waals surface area (Å²) in [5, 5.41) is 4.15. The van der Waals surface area contributed by atoms with Gasteiger partial charge in [-0.1, -0.05) is 60.7 Å². The fraction of sp³-hybridized carbons (Fsp3) is 0.550. The van der Waals surface area contributed by atoms with Crippen LogP contribution in [0.15, 0.2) is 28.8 Å². The Morgan fingerprint density at radius 3 is 2.72 bits per heavy atom. The Labute approximate surface area is 148 Å². The van der Waals surface area contributed by atoms with E-state index in [0.29, 0.717) is 31.3 Å². The molecule has 1 aliphatic carbocycles. The average Bonchev–Trinajstić information content (AvgIpc) is 3.33. The molecule has 4 rings (SSSR count). The standard InChI is InChI=1S/C20H25N3O2/c1-14-6-8-16(9-7-14)12-23-13-17(11-19(23)24)20-21-18(22-25-20)10-15-4-2-3-5-15/h6-9,15,17H,2-5,10-13H2,1H3. The maximum atomic E-state index is 12.4. The Morgan fingerprint density at radius 2 is 1.96 bits per heavy atom. The van der Waals surface area contributed by atoms with Crippen LogP contribution >= 0.6 is 0 Å². The fourth-order valence-corrected chi connectivity index (χ4v) is 3.99. The minimum atomic E-state index is 0.0303. The maximum Gasteiger partial charge on any atom is 0.232 e. The van der Waals surface area contributed by atoms with Crippen LogP contribution in [0.2, 0.25) is 0 Å². The van der Waals surface area contributed by atoms with Crippen molar-refractivity contribution in [3.63, 3.8) is 0 Å². The number of hydrogen-bond acceptors (Lipinski definition) is 4. The van der Waals surface area contributed by atoms with Gasteiger partial charge in [0.25, 0.3) is 0 Å². The van der Waals surface area contributed by atoms with Gasteiger partial charge in [0.2, 0.25) is 11.8 Å². The maximum absolute atomic E-state index is 12.4. The first-order chi connectivity index (χ1) is 12.2. The predicted molar refractivity (Wildman–Crippen MR) is 93.9 cm³/mol. The first kappa shape index (κ1) is 16.3. The third-order valence-corrected chi connectivity index (χ3v) is 5.49. The van der Waals surface area contributed by atoms with Crippen molar-refractivity contribution in [3.05, 3.63) is 47.1 Å². The van der Waals surface area contributed by atoms with E-state index in [1.165, 1.54) is 31.2 Å². The molecule has 0 bridgehead atoms. The van der Waals surface area contributed by atoms with Gasteiger partial charge in [-0.25, -0.2) is 0 Å². The molecular formula is C20H25N3O2. The number of hydrogen-bond donors (Lipinski definition) is 0. The van der Waals surface area contributed by atoms with Crippen LogP contribution in [0.1, 0.15) is 60.9 Å². The van der Waals surface area contributed by atoms with Gasteiger partial charge < -0.3 is 9.42 Å². The number of aromatic nitrogens is 2. The highest BCUT2D eigenvalue weighted by Crippen LogP contribution is 2.30. The highest BCUT2D eigenvalue weighted by atomic mass is 16.5. The first-order valence-corrected chi connectivity index (χ1v) is 9.33. The van der Waals surface area contributed by atoms with E-state index in [9.17, 15) is 4.79 Å².